The second-order valence-electron chi connectivity index (χ2n) is 4.33. The summed E-state index contributed by atoms with van der Waals surface area (Å²) in [5, 5.41) is 3.10. The molecule has 0 unspecified atom stereocenters. The minimum Gasteiger partial charge on any atom is -0.384 e. The van der Waals surface area contributed by atoms with Gasteiger partial charge in [-0.05, 0) is 45.6 Å². The third-order valence-electron chi connectivity index (χ3n) is 2.40. The molecule has 1 rings (SSSR count). The molecule has 0 saturated carbocycles. The fraction of sp³-hybridized carbons (Fsp3) is 0.500. The number of hydrogen-bond acceptors (Lipinski definition) is 4. The number of halogens is 1. The molecule has 0 aliphatic carbocycles. The molecule has 1 aromatic rings. The van der Waals surface area contributed by atoms with Gasteiger partial charge in [-0.3, -0.25) is 4.79 Å². The Morgan fingerprint density at radius 3 is 2.83 bits per heavy atom. The zero-order chi connectivity index (χ0) is 13.5. The molecular weight excluding hydrogens is 252 g/mol. The monoisotopic (exact) mass is 270 g/mol. The molecule has 0 spiro atoms. The van der Waals surface area contributed by atoms with Crippen LogP contribution in [0.3, 0.4) is 0 Å². The zero-order valence-corrected chi connectivity index (χ0v) is 11.5. The van der Waals surface area contributed by atoms with Gasteiger partial charge in [-0.1, -0.05) is 11.6 Å². The molecule has 1 aromatic heterocycles. The highest BCUT2D eigenvalue weighted by Crippen LogP contribution is 2.14. The van der Waals surface area contributed by atoms with Crippen LogP contribution >= 0.6 is 11.6 Å². The fourth-order valence-corrected chi connectivity index (χ4v) is 1.65. The largest absolute Gasteiger partial charge is 0.384 e. The van der Waals surface area contributed by atoms with Crippen molar-refractivity contribution in [3.05, 3.63) is 22.8 Å². The SMILES string of the molecule is CN(C)CCCCNC(=O)c1nc(N)ccc1Cl. The molecule has 0 radical (unpaired) electrons. The summed E-state index contributed by atoms with van der Waals surface area (Å²) in [5.74, 6) is 0.00862. The maximum atomic E-state index is 11.8. The van der Waals surface area contributed by atoms with Crippen molar-refractivity contribution in [3.63, 3.8) is 0 Å². The molecule has 0 saturated heterocycles. The summed E-state index contributed by atoms with van der Waals surface area (Å²) in [4.78, 5) is 17.8. The molecule has 0 aliphatic heterocycles. The first-order valence-electron chi connectivity index (χ1n) is 5.85. The molecule has 0 aromatic carbocycles. The predicted octanol–water partition coefficient (Wildman–Crippen LogP) is 1.39. The average Bonchev–Trinajstić information content (AvgIpc) is 2.31. The Balaban J connectivity index is 2.39. The summed E-state index contributed by atoms with van der Waals surface area (Å²) in [6, 6.07) is 3.14. The van der Waals surface area contributed by atoms with E-state index in [4.69, 9.17) is 17.3 Å². The van der Waals surface area contributed by atoms with Crippen LogP contribution in [0.1, 0.15) is 23.3 Å². The van der Waals surface area contributed by atoms with Crippen LogP contribution in [0, 0.1) is 0 Å². The Morgan fingerprint density at radius 1 is 1.44 bits per heavy atom. The van der Waals surface area contributed by atoms with Crippen molar-refractivity contribution in [1.29, 1.82) is 0 Å². The van der Waals surface area contributed by atoms with Gasteiger partial charge in [-0.15, -0.1) is 0 Å². The third kappa shape index (κ3) is 4.89. The summed E-state index contributed by atoms with van der Waals surface area (Å²) < 4.78 is 0. The second-order valence-corrected chi connectivity index (χ2v) is 4.74. The van der Waals surface area contributed by atoms with Crippen LogP contribution in [0.2, 0.25) is 5.02 Å². The Hall–Kier alpha value is -1.33. The zero-order valence-electron chi connectivity index (χ0n) is 10.7. The molecule has 100 valence electrons. The normalized spacial score (nSPS) is 10.7. The first-order chi connectivity index (χ1) is 8.50. The van der Waals surface area contributed by atoms with Gasteiger partial charge in [0.15, 0.2) is 0 Å². The number of pyridine rings is 1. The first-order valence-corrected chi connectivity index (χ1v) is 6.23. The summed E-state index contributed by atoms with van der Waals surface area (Å²) >= 11 is 5.89. The van der Waals surface area contributed by atoms with Gasteiger partial charge in [0.1, 0.15) is 11.5 Å². The van der Waals surface area contributed by atoms with Crippen molar-refractivity contribution >= 4 is 23.3 Å². The number of unbranched alkanes of at least 4 members (excludes halogenated alkanes) is 1. The number of rotatable bonds is 6. The Kier molecular flexibility index (Phi) is 5.88. The van der Waals surface area contributed by atoms with E-state index in [0.29, 0.717) is 11.6 Å². The van der Waals surface area contributed by atoms with Crippen molar-refractivity contribution in [2.75, 3.05) is 32.9 Å². The summed E-state index contributed by atoms with van der Waals surface area (Å²) in [6.45, 7) is 1.62. The van der Waals surface area contributed by atoms with Gasteiger partial charge in [-0.25, -0.2) is 4.98 Å². The summed E-state index contributed by atoms with van der Waals surface area (Å²) in [7, 11) is 4.05. The lowest BCUT2D eigenvalue weighted by molar-refractivity contribution is 0.0948. The highest BCUT2D eigenvalue weighted by atomic mass is 35.5. The molecular formula is C12H19ClN4O. The van der Waals surface area contributed by atoms with Crippen molar-refractivity contribution in [3.8, 4) is 0 Å². The number of hydrogen-bond donors (Lipinski definition) is 2. The molecule has 1 amide bonds. The van der Waals surface area contributed by atoms with Gasteiger partial charge in [0, 0.05) is 6.54 Å². The molecule has 5 nitrogen and oxygen atoms in total. The van der Waals surface area contributed by atoms with Crippen LogP contribution in [-0.2, 0) is 0 Å². The van der Waals surface area contributed by atoms with Crippen molar-refractivity contribution in [2.24, 2.45) is 0 Å². The molecule has 3 N–H and O–H groups in total. The molecule has 18 heavy (non-hydrogen) atoms. The van der Waals surface area contributed by atoms with Gasteiger partial charge in [0.2, 0.25) is 0 Å². The number of carbonyl (C=O) groups is 1. The number of nitrogens with two attached hydrogens (primary N) is 1. The van der Waals surface area contributed by atoms with E-state index in [2.05, 4.69) is 15.2 Å². The van der Waals surface area contributed by atoms with Crippen molar-refractivity contribution < 1.29 is 4.79 Å². The minimum absolute atomic E-state index is 0.185. The van der Waals surface area contributed by atoms with Crippen LogP contribution in [0.15, 0.2) is 12.1 Å². The van der Waals surface area contributed by atoms with E-state index in [1.54, 1.807) is 12.1 Å². The minimum atomic E-state index is -0.280. The van der Waals surface area contributed by atoms with Crippen molar-refractivity contribution in [1.82, 2.24) is 15.2 Å². The summed E-state index contributed by atoms with van der Waals surface area (Å²) in [6.07, 6.45) is 1.95. The van der Waals surface area contributed by atoms with Crippen LogP contribution in [0.25, 0.3) is 0 Å². The number of carbonyl (C=O) groups excluding carboxylic acids is 1. The number of nitrogens with zero attached hydrogens (tertiary/aromatic N) is 2. The fourth-order valence-electron chi connectivity index (χ4n) is 1.46. The van der Waals surface area contributed by atoms with E-state index in [1.165, 1.54) is 0 Å². The highest BCUT2D eigenvalue weighted by Gasteiger charge is 2.11. The molecule has 0 atom stereocenters. The standard InChI is InChI=1S/C12H19ClN4O/c1-17(2)8-4-3-7-15-12(18)11-9(13)5-6-10(14)16-11/h5-6H,3-4,7-8H2,1-2H3,(H2,14,16)(H,15,18). The van der Waals surface area contributed by atoms with Crippen LogP contribution in [0.4, 0.5) is 5.82 Å². The Bertz CT molecular complexity index is 409. The average molecular weight is 271 g/mol. The van der Waals surface area contributed by atoms with E-state index in [1.807, 2.05) is 14.1 Å². The number of nitrogen functional groups attached to an aromatic ring is 1. The van der Waals surface area contributed by atoms with Crippen LogP contribution in [-0.4, -0.2) is 43.0 Å². The lowest BCUT2D eigenvalue weighted by atomic mass is 10.3. The molecule has 0 aliphatic rings. The highest BCUT2D eigenvalue weighted by molar-refractivity contribution is 6.33. The number of anilines is 1. The van der Waals surface area contributed by atoms with Crippen molar-refractivity contribution in [2.45, 2.75) is 12.8 Å². The molecule has 6 heteroatoms. The van der Waals surface area contributed by atoms with Gasteiger partial charge in [-0.2, -0.15) is 0 Å². The summed E-state index contributed by atoms with van der Waals surface area (Å²) in [5.41, 5.74) is 5.70. The lowest BCUT2D eigenvalue weighted by Gasteiger charge is -2.09. The predicted molar refractivity (Wildman–Crippen MR) is 73.8 cm³/mol. The van der Waals surface area contributed by atoms with Gasteiger partial charge in [0.25, 0.3) is 5.91 Å². The van der Waals surface area contributed by atoms with E-state index in [-0.39, 0.29) is 17.4 Å². The van der Waals surface area contributed by atoms with Gasteiger partial charge >= 0.3 is 0 Å². The maximum absolute atomic E-state index is 11.8. The Labute approximate surface area is 112 Å². The van der Waals surface area contributed by atoms with Gasteiger partial charge < -0.3 is 16.0 Å². The first kappa shape index (κ1) is 14.7. The Morgan fingerprint density at radius 2 is 2.17 bits per heavy atom. The van der Waals surface area contributed by atoms with Gasteiger partial charge in [0.05, 0.1) is 5.02 Å². The molecule has 1 heterocycles. The number of amides is 1. The smallest absolute Gasteiger partial charge is 0.271 e. The third-order valence-corrected chi connectivity index (χ3v) is 2.71. The number of aromatic nitrogens is 1. The molecule has 0 bridgehead atoms. The topological polar surface area (TPSA) is 71.2 Å². The van der Waals surface area contributed by atoms with E-state index in [9.17, 15) is 4.79 Å². The van der Waals surface area contributed by atoms with E-state index >= 15 is 0 Å². The maximum Gasteiger partial charge on any atom is 0.271 e. The lowest BCUT2D eigenvalue weighted by Crippen LogP contribution is -2.26. The van der Waals surface area contributed by atoms with Crippen LogP contribution < -0.4 is 11.1 Å². The second kappa shape index (κ2) is 7.18. The van der Waals surface area contributed by atoms with E-state index in [0.717, 1.165) is 19.4 Å². The van der Waals surface area contributed by atoms with Crippen LogP contribution in [0.5, 0.6) is 0 Å². The number of nitrogens with one attached hydrogen (secondary N) is 1. The molecule has 0 fully saturated rings. The quantitative estimate of drug-likeness (QED) is 0.767. The van der Waals surface area contributed by atoms with E-state index < -0.39 is 0 Å².